The summed E-state index contributed by atoms with van der Waals surface area (Å²) in [5.41, 5.74) is 1.71. The van der Waals surface area contributed by atoms with E-state index in [1.54, 1.807) is 60.7 Å². The van der Waals surface area contributed by atoms with Crippen LogP contribution < -0.4 is 14.8 Å². The molecule has 0 unspecified atom stereocenters. The molecule has 3 aromatic carbocycles. The van der Waals surface area contributed by atoms with Gasteiger partial charge in [0, 0.05) is 30.4 Å². The Bertz CT molecular complexity index is 1530. The van der Waals surface area contributed by atoms with E-state index >= 15 is 0 Å². The molecule has 0 bridgehead atoms. The van der Waals surface area contributed by atoms with Gasteiger partial charge in [0.05, 0.1) is 23.3 Å². The quantitative estimate of drug-likeness (QED) is 0.179. The van der Waals surface area contributed by atoms with Crippen LogP contribution in [0.3, 0.4) is 0 Å². The van der Waals surface area contributed by atoms with Crippen LogP contribution in [0.4, 0.5) is 11.5 Å². The molecular formula is C28H22N4O6. The summed E-state index contributed by atoms with van der Waals surface area (Å²) >= 11 is 0. The number of carbonyl (C=O) groups excluding carboxylic acids is 1. The fourth-order valence-electron chi connectivity index (χ4n) is 3.84. The maximum Gasteiger partial charge on any atom is 0.270 e. The smallest absolute Gasteiger partial charge is 0.270 e. The number of pyridine rings is 1. The number of methoxy groups -OCH3 is 2. The lowest BCUT2D eigenvalue weighted by Crippen LogP contribution is -2.15. The zero-order valence-electron chi connectivity index (χ0n) is 20.5. The number of rotatable bonds is 9. The lowest BCUT2D eigenvalue weighted by molar-refractivity contribution is -0.384. The van der Waals surface area contributed by atoms with Crippen molar-refractivity contribution < 1.29 is 23.9 Å². The van der Waals surface area contributed by atoms with Gasteiger partial charge in [-0.25, -0.2) is 4.98 Å². The number of anilines is 1. The summed E-state index contributed by atoms with van der Waals surface area (Å²) < 4.78 is 16.4. The first-order chi connectivity index (χ1) is 18.5. The Morgan fingerprint density at radius 3 is 2.45 bits per heavy atom. The lowest BCUT2D eigenvalue weighted by atomic mass is 9.97. The highest BCUT2D eigenvalue weighted by Crippen LogP contribution is 2.41. The van der Waals surface area contributed by atoms with Gasteiger partial charge < -0.3 is 19.5 Å². The van der Waals surface area contributed by atoms with Crippen molar-refractivity contribution in [2.75, 3.05) is 26.3 Å². The number of nitrogens with zero attached hydrogens (tertiary/aromatic N) is 3. The average molecular weight is 511 g/mol. The SMILES string of the molecule is COCOc1cccc(OC)c1-c1cc(-c2cccc([N+](=O)[O-])c2)c(C#N)c(NC(=O)c2ccccc2)n1. The molecule has 0 saturated carbocycles. The highest BCUT2D eigenvalue weighted by atomic mass is 16.7. The molecule has 4 aromatic rings. The van der Waals surface area contributed by atoms with E-state index in [1.807, 2.05) is 0 Å². The first kappa shape index (κ1) is 25.8. The van der Waals surface area contributed by atoms with E-state index in [0.717, 1.165) is 0 Å². The summed E-state index contributed by atoms with van der Waals surface area (Å²) in [4.78, 5) is 28.6. The minimum Gasteiger partial charge on any atom is -0.496 e. The van der Waals surface area contributed by atoms with Gasteiger partial charge in [-0.1, -0.05) is 36.4 Å². The summed E-state index contributed by atoms with van der Waals surface area (Å²) in [7, 11) is 2.97. The molecular weight excluding hydrogens is 488 g/mol. The van der Waals surface area contributed by atoms with Crippen LogP contribution in [0.1, 0.15) is 15.9 Å². The van der Waals surface area contributed by atoms with Gasteiger partial charge in [0.15, 0.2) is 12.6 Å². The van der Waals surface area contributed by atoms with Crippen LogP contribution in [-0.4, -0.2) is 36.8 Å². The van der Waals surface area contributed by atoms with Crippen molar-refractivity contribution in [3.05, 3.63) is 100 Å². The number of non-ortho nitro benzene ring substituents is 1. The number of ether oxygens (including phenoxy) is 3. The maximum absolute atomic E-state index is 13.0. The van der Waals surface area contributed by atoms with E-state index in [2.05, 4.69) is 16.4 Å². The largest absolute Gasteiger partial charge is 0.496 e. The van der Waals surface area contributed by atoms with Gasteiger partial charge in [-0.05, 0) is 35.9 Å². The predicted molar refractivity (Wildman–Crippen MR) is 140 cm³/mol. The molecule has 0 atom stereocenters. The van der Waals surface area contributed by atoms with Crippen molar-refractivity contribution in [2.45, 2.75) is 0 Å². The summed E-state index contributed by atoms with van der Waals surface area (Å²) in [6.45, 7) is -0.0498. The lowest BCUT2D eigenvalue weighted by Gasteiger charge is -2.17. The van der Waals surface area contributed by atoms with Crippen LogP contribution in [-0.2, 0) is 4.74 Å². The Kier molecular flexibility index (Phi) is 7.91. The number of amides is 1. The second kappa shape index (κ2) is 11.6. The van der Waals surface area contributed by atoms with Gasteiger partial charge in [0.2, 0.25) is 0 Å². The van der Waals surface area contributed by atoms with Crippen LogP contribution in [0.5, 0.6) is 11.5 Å². The Labute approximate surface area is 218 Å². The number of benzene rings is 3. The van der Waals surface area contributed by atoms with Gasteiger partial charge in [-0.2, -0.15) is 5.26 Å². The van der Waals surface area contributed by atoms with Crippen molar-refractivity contribution in [3.63, 3.8) is 0 Å². The fraction of sp³-hybridized carbons (Fsp3) is 0.107. The maximum atomic E-state index is 13.0. The molecule has 0 fully saturated rings. The predicted octanol–water partition coefficient (Wildman–Crippen LogP) is 5.44. The van der Waals surface area contributed by atoms with Crippen LogP contribution in [0.2, 0.25) is 0 Å². The molecule has 4 rings (SSSR count). The third-order valence-corrected chi connectivity index (χ3v) is 5.56. The van der Waals surface area contributed by atoms with Crippen molar-refractivity contribution in [2.24, 2.45) is 0 Å². The molecule has 0 radical (unpaired) electrons. The molecule has 1 N–H and O–H groups in total. The Morgan fingerprint density at radius 2 is 1.76 bits per heavy atom. The number of hydrogen-bond acceptors (Lipinski definition) is 8. The second-order valence-corrected chi connectivity index (χ2v) is 7.90. The van der Waals surface area contributed by atoms with Gasteiger partial charge >= 0.3 is 0 Å². The van der Waals surface area contributed by atoms with E-state index < -0.39 is 10.8 Å². The van der Waals surface area contributed by atoms with Gasteiger partial charge in [-0.15, -0.1) is 0 Å². The minimum atomic E-state index is -0.521. The zero-order valence-corrected chi connectivity index (χ0v) is 20.5. The second-order valence-electron chi connectivity index (χ2n) is 7.90. The van der Waals surface area contributed by atoms with E-state index in [-0.39, 0.29) is 23.9 Å². The molecule has 1 amide bonds. The third kappa shape index (κ3) is 5.43. The van der Waals surface area contributed by atoms with Crippen LogP contribution in [0.25, 0.3) is 22.4 Å². The third-order valence-electron chi connectivity index (χ3n) is 5.56. The topological polar surface area (TPSA) is 137 Å². The van der Waals surface area contributed by atoms with Crippen LogP contribution >= 0.6 is 0 Å². The molecule has 1 aromatic heterocycles. The summed E-state index contributed by atoms with van der Waals surface area (Å²) in [5, 5.41) is 24.3. The van der Waals surface area contributed by atoms with Crippen LogP contribution in [0.15, 0.2) is 78.9 Å². The molecule has 0 saturated heterocycles. The van der Waals surface area contributed by atoms with Crippen molar-refractivity contribution >= 4 is 17.4 Å². The number of nitrogens with one attached hydrogen (secondary N) is 1. The van der Waals surface area contributed by atoms with E-state index in [0.29, 0.717) is 39.4 Å². The highest BCUT2D eigenvalue weighted by Gasteiger charge is 2.22. The summed E-state index contributed by atoms with van der Waals surface area (Å²) in [6, 6.07) is 23.2. The van der Waals surface area contributed by atoms with Crippen molar-refractivity contribution in [1.82, 2.24) is 4.98 Å². The Hall–Kier alpha value is -5.27. The normalized spacial score (nSPS) is 10.3. The summed E-state index contributed by atoms with van der Waals surface area (Å²) in [5.74, 6) is 0.298. The molecule has 0 aliphatic carbocycles. The van der Waals surface area contributed by atoms with Gasteiger partial charge in [0.25, 0.3) is 11.6 Å². The average Bonchev–Trinajstić information content (AvgIpc) is 2.95. The number of nitro benzene ring substituents is 1. The molecule has 10 heteroatoms. The number of nitro groups is 1. The Morgan fingerprint density at radius 1 is 1.03 bits per heavy atom. The first-order valence-corrected chi connectivity index (χ1v) is 11.3. The molecule has 190 valence electrons. The standard InChI is InChI=1S/C28H22N4O6/c1-36-17-38-25-13-7-12-24(37-2)26(25)23-15-21(19-10-6-11-20(14-19)32(34)35)22(16-29)27(30-23)31-28(33)18-8-4-3-5-9-18/h3-15H,17H2,1-2H3,(H,30,31,33). The molecule has 1 heterocycles. The molecule has 0 aliphatic rings. The first-order valence-electron chi connectivity index (χ1n) is 11.3. The van der Waals surface area contributed by atoms with Crippen molar-refractivity contribution in [3.8, 4) is 40.0 Å². The number of carbonyl (C=O) groups is 1. The fourth-order valence-corrected chi connectivity index (χ4v) is 3.84. The van der Waals surface area contributed by atoms with E-state index in [1.165, 1.54) is 32.4 Å². The zero-order chi connectivity index (χ0) is 27.1. The van der Waals surface area contributed by atoms with Gasteiger partial charge in [-0.3, -0.25) is 14.9 Å². The molecule has 38 heavy (non-hydrogen) atoms. The van der Waals surface area contributed by atoms with Crippen LogP contribution in [0, 0.1) is 21.4 Å². The number of nitriles is 1. The number of hydrogen-bond donors (Lipinski definition) is 1. The number of aromatic nitrogens is 1. The van der Waals surface area contributed by atoms with Crippen molar-refractivity contribution in [1.29, 1.82) is 5.26 Å². The molecule has 0 aliphatic heterocycles. The van der Waals surface area contributed by atoms with E-state index in [9.17, 15) is 20.2 Å². The monoisotopic (exact) mass is 510 g/mol. The minimum absolute atomic E-state index is 0.0241. The Balaban J connectivity index is 1.98. The molecule has 0 spiro atoms. The summed E-state index contributed by atoms with van der Waals surface area (Å²) in [6.07, 6.45) is 0. The van der Waals surface area contributed by atoms with E-state index in [4.69, 9.17) is 14.2 Å². The highest BCUT2D eigenvalue weighted by molar-refractivity contribution is 6.05. The van der Waals surface area contributed by atoms with Gasteiger partial charge in [0.1, 0.15) is 23.1 Å². The molecule has 10 nitrogen and oxygen atoms in total.